The molecule has 4 saturated carbocycles. The molecule has 15 bridgehead atoms. The zero-order chi connectivity index (χ0) is 83.5. The van der Waals surface area contributed by atoms with E-state index in [0.29, 0.717) is 11.8 Å². The molecule has 10 amide bonds. The molecular formula is C79H94Cl2N10O24. The van der Waals surface area contributed by atoms with Crippen LogP contribution in [0.3, 0.4) is 0 Å². The molecule has 6 heterocycles. The van der Waals surface area contributed by atoms with E-state index in [1.807, 2.05) is 0 Å². The topological polar surface area (TPSA) is 513 Å². The molecule has 5 fully saturated rings. The number of nitrogens with two attached hydrogens (primary N) is 1. The van der Waals surface area contributed by atoms with Crippen LogP contribution in [0.25, 0.3) is 11.1 Å². The fraction of sp³-hybridized carbons (Fsp3) is 0.494. The quantitative estimate of drug-likeness (QED) is 0.0745. The summed E-state index contributed by atoms with van der Waals surface area (Å²) in [6.07, 6.45) is -13.1. The SMILES string of the molecule is CC(C)C[C@H](C(=O)N[C@H]1C(=O)N[C@@H](CC(N)=O)C(=O)N[C@H]2C(=O)N[C@H]3C(=O)N[C@H](C(=O)N[C@H](C(=O)NC4C5CC6CC(C5)CC4C6)c4cc(O)cc(O)c4-c4cc3ccc4O)[C@H](O)c3ccc(c(Cl)c3)Oc3cc2cc(c3OC2OC(CNC(=O)OC(C)(C)C)C(O)C(O)C2O)Oc2ccc(cc2Cl)[C@H]1O)N(C)C(=O)OC(C)(C)C. The summed E-state index contributed by atoms with van der Waals surface area (Å²) in [5, 5.41) is 115. The number of carbonyl (C=O) groups is 10. The number of phenols is 3. The van der Waals surface area contributed by atoms with Gasteiger partial charge in [0, 0.05) is 36.8 Å². The summed E-state index contributed by atoms with van der Waals surface area (Å²) in [7, 11) is 1.27. The smallest absolute Gasteiger partial charge is 0.410 e. The number of amides is 10. The van der Waals surface area contributed by atoms with Crippen LogP contribution < -0.4 is 62.5 Å². The Hall–Kier alpha value is -10.5. The van der Waals surface area contributed by atoms with E-state index in [-0.39, 0.29) is 75.1 Å². The van der Waals surface area contributed by atoms with Crippen LogP contribution in [-0.4, -0.2) is 191 Å². The number of carbonyl (C=O) groups excluding carboxylic acids is 10. The molecule has 6 aliphatic heterocycles. The lowest BCUT2D eigenvalue weighted by molar-refractivity contribution is -0.270. The van der Waals surface area contributed by atoms with Gasteiger partial charge in [-0.3, -0.25) is 43.3 Å². The molecule has 0 radical (unpaired) electrons. The molecule has 18 N–H and O–H groups in total. The summed E-state index contributed by atoms with van der Waals surface area (Å²) in [5.74, 6) is -14.1. The molecular weight excluding hydrogens is 1540 g/mol. The molecule has 5 aromatic carbocycles. The maximum atomic E-state index is 16.3. The third-order valence-corrected chi connectivity index (χ3v) is 22.0. The van der Waals surface area contributed by atoms with Gasteiger partial charge in [0.15, 0.2) is 11.5 Å². The van der Waals surface area contributed by atoms with Crippen LogP contribution in [0.2, 0.25) is 10.0 Å². The molecule has 0 aromatic heterocycles. The normalized spacial score (nSPS) is 28.1. The zero-order valence-electron chi connectivity index (χ0n) is 64.1. The van der Waals surface area contributed by atoms with Crippen LogP contribution in [0.5, 0.6) is 46.0 Å². The number of phenolic OH excluding ortho intramolecular Hbond substituents is 3. The number of aromatic hydroxyl groups is 3. The van der Waals surface area contributed by atoms with E-state index in [9.17, 15) is 60.0 Å². The van der Waals surface area contributed by atoms with Crippen molar-refractivity contribution in [1.29, 1.82) is 0 Å². The van der Waals surface area contributed by atoms with Gasteiger partial charge in [-0.1, -0.05) is 55.2 Å². The Morgan fingerprint density at radius 3 is 1.77 bits per heavy atom. The number of aliphatic hydroxyl groups is 5. The predicted molar refractivity (Wildman–Crippen MR) is 406 cm³/mol. The first-order valence-electron chi connectivity index (χ1n) is 37.6. The van der Waals surface area contributed by atoms with Gasteiger partial charge in [-0.15, -0.1) is 0 Å². The Kier molecular flexibility index (Phi) is 24.4. The van der Waals surface area contributed by atoms with Crippen molar-refractivity contribution < 1.29 is 117 Å². The number of nitrogens with zero attached hydrogens (tertiary/aromatic N) is 1. The number of hydrogen-bond donors (Lipinski definition) is 17. The van der Waals surface area contributed by atoms with Gasteiger partial charge in [0.05, 0.1) is 16.5 Å². The number of fused-ring (bicyclic) bond motifs is 15. The van der Waals surface area contributed by atoms with Gasteiger partial charge in [-0.25, -0.2) is 9.59 Å². The predicted octanol–water partition coefficient (Wildman–Crippen LogP) is 4.90. The van der Waals surface area contributed by atoms with E-state index in [0.717, 1.165) is 104 Å². The van der Waals surface area contributed by atoms with Crippen molar-refractivity contribution >= 4 is 82.6 Å². The molecule has 34 nitrogen and oxygen atoms in total. The summed E-state index contributed by atoms with van der Waals surface area (Å²) < 4.78 is 36.8. The molecule has 15 rings (SSSR count). The Morgan fingerprint density at radius 2 is 1.19 bits per heavy atom. The zero-order valence-corrected chi connectivity index (χ0v) is 65.6. The fourth-order valence-corrected chi connectivity index (χ4v) is 16.6. The first-order valence-corrected chi connectivity index (χ1v) is 38.4. The number of ether oxygens (including phenoxy) is 6. The van der Waals surface area contributed by atoms with Gasteiger partial charge in [-0.2, -0.15) is 0 Å². The number of hydrogen-bond acceptors (Lipinski definition) is 24. The lowest BCUT2D eigenvalue weighted by atomic mass is 9.54. The average Bonchev–Trinajstić information content (AvgIpc) is 0.746. The number of benzene rings is 5. The molecule has 115 heavy (non-hydrogen) atoms. The maximum Gasteiger partial charge on any atom is 0.410 e. The average molecular weight is 1640 g/mol. The third kappa shape index (κ3) is 18.6. The molecule has 5 aromatic rings. The third-order valence-electron chi connectivity index (χ3n) is 21.4. The Balaban J connectivity index is 1.04. The van der Waals surface area contributed by atoms with E-state index in [2.05, 4.69) is 42.5 Å². The number of aliphatic hydroxyl groups excluding tert-OH is 5. The summed E-state index contributed by atoms with van der Waals surface area (Å²) >= 11 is 14.3. The van der Waals surface area contributed by atoms with Gasteiger partial charge in [-0.05, 0) is 192 Å². The van der Waals surface area contributed by atoms with E-state index in [1.165, 1.54) is 19.2 Å². The lowest BCUT2D eigenvalue weighted by Gasteiger charge is -2.54. The van der Waals surface area contributed by atoms with Crippen molar-refractivity contribution in [3.63, 3.8) is 0 Å². The summed E-state index contributed by atoms with van der Waals surface area (Å²) in [6.45, 7) is 12.4. The van der Waals surface area contributed by atoms with Crippen LogP contribution >= 0.6 is 23.2 Å². The highest BCUT2D eigenvalue weighted by Crippen LogP contribution is 2.55. The maximum absolute atomic E-state index is 16.3. The number of nitrogens with one attached hydrogen (secondary N) is 8. The van der Waals surface area contributed by atoms with Crippen molar-refractivity contribution in [3.05, 3.63) is 117 Å². The van der Waals surface area contributed by atoms with E-state index < -0.39 is 219 Å². The van der Waals surface area contributed by atoms with Crippen molar-refractivity contribution in [1.82, 2.24) is 47.4 Å². The largest absolute Gasteiger partial charge is 0.508 e. The van der Waals surface area contributed by atoms with E-state index in [4.69, 9.17) is 57.4 Å². The van der Waals surface area contributed by atoms with Crippen molar-refractivity contribution in [2.45, 2.75) is 203 Å². The highest BCUT2D eigenvalue weighted by molar-refractivity contribution is 6.32. The second-order valence-corrected chi connectivity index (χ2v) is 33.6. The minimum absolute atomic E-state index is 0.0582. The number of alkyl carbamates (subject to hydrolysis) is 1. The van der Waals surface area contributed by atoms with Crippen LogP contribution in [0, 0.1) is 29.6 Å². The standard InChI is InChI=1S/C79H94Cl2N10O24/c1-31(2)16-46(91(9)77(109)115-79(6,7)8)69(102)89-60-62(96)35-11-14-49(43(80)23-35)110-51-25-39-26-52(67(51)113-75-66(100)65(99)64(98)53(112-75)30-83-76(108)114-78(3,4)5)111-50-15-12-36(24-44(50)81)63(97)61-74(107)88-59(72(105)85-56-37-18-32-17-33(20-37)21-38(56)19-32)42-27-40(92)28-48(94)55(42)41-22-34(10-13-47(41)93)57(70(103)90-61)87-71(104)58(39)86-68(101)45(29-54(82)95)84-73(60)106/h10-15,22-28,31-33,37-38,45-46,53,56-66,75,92-94,96-100H,16-21,29-30H2,1-9H3,(H2,82,95)(H,83,108)(H,84,106)(H,85,105)(H,86,101)(H,87,104)(H,88,107)(H,89,102)(H,90,103)/t32?,33?,37?,38?,45-,46+,53?,56?,57+,58+,59-,60+,61-,62+,63+,64?,65?,66?,75?/m0/s1. The monoisotopic (exact) mass is 1640 g/mol. The molecule has 0 spiro atoms. The second-order valence-electron chi connectivity index (χ2n) is 32.8. The number of primary amides is 1. The highest BCUT2D eigenvalue weighted by atomic mass is 35.5. The number of rotatable bonds is 13. The number of halogens is 2. The van der Waals surface area contributed by atoms with E-state index >= 15 is 28.8 Å². The fourth-order valence-electron chi connectivity index (χ4n) is 16.2. The molecule has 618 valence electrons. The van der Waals surface area contributed by atoms with Crippen molar-refractivity contribution in [2.24, 2.45) is 35.3 Å². The molecule has 1 saturated heterocycles. The van der Waals surface area contributed by atoms with Gasteiger partial charge in [0.25, 0.3) is 0 Å². The number of likely N-dealkylation sites (N-methyl/N-ethyl adjacent to an activating group) is 1. The van der Waals surface area contributed by atoms with Crippen LogP contribution in [-0.2, 0) is 52.6 Å². The van der Waals surface area contributed by atoms with Gasteiger partial charge in [0.2, 0.25) is 59.3 Å². The van der Waals surface area contributed by atoms with Crippen molar-refractivity contribution in [2.75, 3.05) is 13.6 Å². The minimum Gasteiger partial charge on any atom is -0.508 e. The van der Waals surface area contributed by atoms with Gasteiger partial charge in [0.1, 0.15) is 119 Å². The molecule has 5 unspecified atom stereocenters. The molecule has 10 aliphatic rings. The highest BCUT2D eigenvalue weighted by Gasteiger charge is 2.51. The van der Waals surface area contributed by atoms with Gasteiger partial charge < -0.3 is 118 Å². The molecule has 36 heteroatoms. The van der Waals surface area contributed by atoms with Crippen molar-refractivity contribution in [3.8, 4) is 57.1 Å². The second kappa shape index (κ2) is 33.4. The minimum atomic E-state index is -2.37. The first-order chi connectivity index (χ1) is 54.1. The first kappa shape index (κ1) is 84.0. The molecule has 14 atom stereocenters. The van der Waals surface area contributed by atoms with Crippen LogP contribution in [0.1, 0.15) is 158 Å². The summed E-state index contributed by atoms with van der Waals surface area (Å²) in [5.41, 5.74) is 1.48. The van der Waals surface area contributed by atoms with Crippen LogP contribution in [0.15, 0.2) is 78.9 Å². The Bertz CT molecular complexity index is 4640. The lowest BCUT2D eigenvalue weighted by Crippen LogP contribution is -2.61. The van der Waals surface area contributed by atoms with Gasteiger partial charge >= 0.3 is 12.2 Å². The Morgan fingerprint density at radius 1 is 0.617 bits per heavy atom. The van der Waals surface area contributed by atoms with Crippen LogP contribution in [0.4, 0.5) is 9.59 Å². The van der Waals surface area contributed by atoms with E-state index in [1.54, 1.807) is 55.4 Å². The summed E-state index contributed by atoms with van der Waals surface area (Å²) in [6, 6.07) is -0.666. The molecule has 4 aliphatic carbocycles. The Labute approximate surface area is 669 Å². The summed E-state index contributed by atoms with van der Waals surface area (Å²) in [4.78, 5) is 150.